The van der Waals surface area contributed by atoms with Crippen LogP contribution in [0.25, 0.3) is 0 Å². The number of carboxylic acids is 1. The predicted molar refractivity (Wildman–Crippen MR) is 85.2 cm³/mol. The van der Waals surface area contributed by atoms with Crippen molar-refractivity contribution in [1.82, 2.24) is 9.80 Å². The molecule has 1 fully saturated rings. The van der Waals surface area contributed by atoms with E-state index in [1.807, 2.05) is 11.9 Å². The number of halogens is 1. The monoisotopic (exact) mass is 360 g/mol. The van der Waals surface area contributed by atoms with Gasteiger partial charge in [-0.1, -0.05) is 0 Å². The van der Waals surface area contributed by atoms with Crippen LogP contribution in [0.2, 0.25) is 0 Å². The number of aliphatic carboxylic acids is 1. The van der Waals surface area contributed by atoms with Crippen molar-refractivity contribution in [3.63, 3.8) is 0 Å². The summed E-state index contributed by atoms with van der Waals surface area (Å²) in [5.74, 6) is -0.739. The van der Waals surface area contributed by atoms with Crippen molar-refractivity contribution in [3.05, 3.63) is 20.8 Å². The van der Waals surface area contributed by atoms with Crippen LogP contribution in [-0.2, 0) is 11.3 Å². The molecule has 2 heterocycles. The quantitative estimate of drug-likeness (QED) is 0.876. The Morgan fingerprint density at radius 2 is 2.30 bits per heavy atom. The topological polar surface area (TPSA) is 43.8 Å². The molecule has 2 rings (SSSR count). The van der Waals surface area contributed by atoms with Crippen molar-refractivity contribution in [2.45, 2.75) is 31.8 Å². The number of hydrogen-bond acceptors (Lipinski definition) is 4. The van der Waals surface area contributed by atoms with Crippen molar-refractivity contribution in [2.24, 2.45) is 0 Å². The molecule has 6 heteroatoms. The number of carbonyl (C=O) groups is 1. The van der Waals surface area contributed by atoms with E-state index < -0.39 is 5.97 Å². The molecular weight excluding hydrogens is 340 g/mol. The van der Waals surface area contributed by atoms with Gasteiger partial charge in [-0.15, -0.1) is 11.3 Å². The zero-order chi connectivity index (χ0) is 14.5. The van der Waals surface area contributed by atoms with E-state index in [9.17, 15) is 4.79 Å². The van der Waals surface area contributed by atoms with Crippen molar-refractivity contribution in [2.75, 3.05) is 26.7 Å². The van der Waals surface area contributed by atoms with Crippen LogP contribution in [0.15, 0.2) is 15.9 Å². The van der Waals surface area contributed by atoms with Gasteiger partial charge in [0.2, 0.25) is 0 Å². The molecule has 0 amide bonds. The van der Waals surface area contributed by atoms with Crippen LogP contribution in [0.1, 0.15) is 24.1 Å². The van der Waals surface area contributed by atoms with Crippen LogP contribution in [0.4, 0.5) is 0 Å². The third kappa shape index (κ3) is 4.84. The average molecular weight is 361 g/mol. The van der Waals surface area contributed by atoms with E-state index in [-0.39, 0.29) is 6.54 Å². The largest absolute Gasteiger partial charge is 0.480 e. The second-order valence-electron chi connectivity index (χ2n) is 5.38. The molecule has 0 radical (unpaired) electrons. The molecule has 1 unspecified atom stereocenters. The molecule has 1 N–H and O–H groups in total. The summed E-state index contributed by atoms with van der Waals surface area (Å²) in [5, 5.41) is 8.88. The molecule has 1 aromatic rings. The lowest BCUT2D eigenvalue weighted by molar-refractivity contribution is -0.138. The lowest BCUT2D eigenvalue weighted by Gasteiger charge is -2.25. The van der Waals surface area contributed by atoms with Gasteiger partial charge in [-0.25, -0.2) is 0 Å². The first-order valence-electron chi connectivity index (χ1n) is 6.93. The Balaban J connectivity index is 1.84. The van der Waals surface area contributed by atoms with Gasteiger partial charge in [-0.05, 0) is 60.9 Å². The Hall–Kier alpha value is -0.430. The highest BCUT2D eigenvalue weighted by atomic mass is 79.9. The summed E-state index contributed by atoms with van der Waals surface area (Å²) < 4.78 is 1.18. The van der Waals surface area contributed by atoms with E-state index in [2.05, 4.69) is 33.0 Å². The molecule has 1 saturated heterocycles. The van der Waals surface area contributed by atoms with Crippen LogP contribution >= 0.6 is 27.3 Å². The second-order valence-corrected chi connectivity index (χ2v) is 7.92. The lowest BCUT2D eigenvalue weighted by atomic mass is 10.1. The molecule has 0 saturated carbocycles. The van der Waals surface area contributed by atoms with Gasteiger partial charge in [0, 0.05) is 24.0 Å². The standard InChI is InChI=1S/C14H21BrN2O2S/c1-16(10-14(18)19)11-3-2-7-17(8-6-11)9-12-4-5-13(15)20-12/h4-5,11H,2-3,6-10H2,1H3,(H,18,19). The van der Waals surface area contributed by atoms with E-state index in [0.29, 0.717) is 6.04 Å². The molecule has 4 nitrogen and oxygen atoms in total. The van der Waals surface area contributed by atoms with E-state index in [1.54, 1.807) is 11.3 Å². The Morgan fingerprint density at radius 1 is 1.50 bits per heavy atom. The van der Waals surface area contributed by atoms with E-state index in [4.69, 9.17) is 5.11 Å². The van der Waals surface area contributed by atoms with Gasteiger partial charge in [0.1, 0.15) is 0 Å². The molecule has 1 aliphatic heterocycles. The number of likely N-dealkylation sites (N-methyl/N-ethyl adjacent to an activating group) is 1. The first kappa shape index (κ1) is 15.9. The minimum absolute atomic E-state index is 0.141. The summed E-state index contributed by atoms with van der Waals surface area (Å²) in [4.78, 5) is 16.6. The average Bonchev–Trinajstić information content (AvgIpc) is 2.63. The summed E-state index contributed by atoms with van der Waals surface area (Å²) >= 11 is 5.29. The van der Waals surface area contributed by atoms with Gasteiger partial charge in [-0.2, -0.15) is 0 Å². The molecule has 0 aromatic carbocycles. The van der Waals surface area contributed by atoms with Crippen LogP contribution in [0, 0.1) is 0 Å². The number of carboxylic acid groups (broad SMARTS) is 1. The highest BCUT2D eigenvalue weighted by molar-refractivity contribution is 9.11. The SMILES string of the molecule is CN(CC(=O)O)C1CCCN(Cc2ccc(Br)s2)CC1. The lowest BCUT2D eigenvalue weighted by Crippen LogP contribution is -2.36. The highest BCUT2D eigenvalue weighted by Gasteiger charge is 2.21. The van der Waals surface area contributed by atoms with Crippen molar-refractivity contribution in [1.29, 1.82) is 0 Å². The second kappa shape index (κ2) is 7.54. The Morgan fingerprint density at radius 3 is 2.95 bits per heavy atom. The fraction of sp³-hybridized carbons (Fsp3) is 0.643. The Bertz CT molecular complexity index is 452. The van der Waals surface area contributed by atoms with Crippen LogP contribution in [0.3, 0.4) is 0 Å². The number of likely N-dealkylation sites (tertiary alicyclic amines) is 1. The van der Waals surface area contributed by atoms with Gasteiger partial charge in [0.25, 0.3) is 0 Å². The Labute approximate surface area is 132 Å². The molecule has 1 aromatic heterocycles. The summed E-state index contributed by atoms with van der Waals surface area (Å²) in [6.07, 6.45) is 3.28. The van der Waals surface area contributed by atoms with Crippen molar-refractivity contribution < 1.29 is 9.90 Å². The predicted octanol–water partition coefficient (Wildman–Crippen LogP) is 2.88. The molecule has 0 aliphatic carbocycles. The minimum Gasteiger partial charge on any atom is -0.480 e. The number of nitrogens with zero attached hydrogens (tertiary/aromatic N) is 2. The van der Waals surface area contributed by atoms with E-state index in [0.717, 1.165) is 38.9 Å². The molecule has 0 spiro atoms. The van der Waals surface area contributed by atoms with Gasteiger partial charge < -0.3 is 5.11 Å². The first-order chi connectivity index (χ1) is 9.54. The van der Waals surface area contributed by atoms with Gasteiger partial charge >= 0.3 is 5.97 Å². The number of rotatable bonds is 5. The molecule has 20 heavy (non-hydrogen) atoms. The summed E-state index contributed by atoms with van der Waals surface area (Å²) in [6, 6.07) is 4.67. The van der Waals surface area contributed by atoms with E-state index >= 15 is 0 Å². The smallest absolute Gasteiger partial charge is 0.317 e. The molecule has 1 aliphatic rings. The summed E-state index contributed by atoms with van der Waals surface area (Å²) in [5.41, 5.74) is 0. The third-order valence-electron chi connectivity index (χ3n) is 3.81. The molecule has 112 valence electrons. The number of hydrogen-bond donors (Lipinski definition) is 1. The number of thiophene rings is 1. The zero-order valence-corrected chi connectivity index (χ0v) is 14.1. The van der Waals surface area contributed by atoms with Gasteiger partial charge in [-0.3, -0.25) is 14.6 Å². The summed E-state index contributed by atoms with van der Waals surface area (Å²) in [7, 11) is 1.92. The van der Waals surface area contributed by atoms with Crippen molar-refractivity contribution in [3.8, 4) is 0 Å². The maximum absolute atomic E-state index is 10.8. The van der Waals surface area contributed by atoms with Crippen LogP contribution in [-0.4, -0.2) is 53.6 Å². The third-order valence-corrected chi connectivity index (χ3v) is 5.41. The summed E-state index contributed by atoms with van der Waals surface area (Å²) in [6.45, 7) is 3.30. The first-order valence-corrected chi connectivity index (χ1v) is 8.54. The van der Waals surface area contributed by atoms with Crippen LogP contribution in [0.5, 0.6) is 0 Å². The normalized spacial score (nSPS) is 21.1. The maximum atomic E-state index is 10.8. The van der Waals surface area contributed by atoms with Gasteiger partial charge in [0.15, 0.2) is 0 Å². The Kier molecular flexibility index (Phi) is 6.01. The van der Waals surface area contributed by atoms with E-state index in [1.165, 1.54) is 8.66 Å². The maximum Gasteiger partial charge on any atom is 0.317 e. The fourth-order valence-electron chi connectivity index (χ4n) is 2.74. The molecule has 0 bridgehead atoms. The van der Waals surface area contributed by atoms with Crippen LogP contribution < -0.4 is 0 Å². The van der Waals surface area contributed by atoms with Gasteiger partial charge in [0.05, 0.1) is 10.3 Å². The fourth-order valence-corrected chi connectivity index (χ4v) is 4.26. The molecular formula is C14H21BrN2O2S. The highest BCUT2D eigenvalue weighted by Crippen LogP contribution is 2.24. The minimum atomic E-state index is -0.739. The molecule has 1 atom stereocenters. The van der Waals surface area contributed by atoms with Crippen molar-refractivity contribution >= 4 is 33.2 Å². The zero-order valence-electron chi connectivity index (χ0n) is 11.7.